The maximum Gasteiger partial charge on any atom is 0.0361 e. The normalized spacial score (nSPS) is 33.5. The molecule has 0 saturated carbocycles. The van der Waals surface area contributed by atoms with E-state index in [9.17, 15) is 0 Å². The summed E-state index contributed by atoms with van der Waals surface area (Å²) in [4.78, 5) is 2.27. The molecule has 0 amide bonds. The molecule has 1 aliphatic heterocycles. The van der Waals surface area contributed by atoms with Crippen molar-refractivity contribution >= 4 is 0 Å². The van der Waals surface area contributed by atoms with Crippen molar-refractivity contribution in [3.8, 4) is 0 Å². The number of nitrogens with two attached hydrogens (primary N) is 1. The van der Waals surface area contributed by atoms with Crippen LogP contribution in [0, 0.1) is 0 Å². The van der Waals surface area contributed by atoms with Crippen LogP contribution in [0.15, 0.2) is 0 Å². The van der Waals surface area contributed by atoms with Crippen LogP contribution in [-0.4, -0.2) is 43.2 Å². The van der Waals surface area contributed by atoms with E-state index < -0.39 is 0 Å². The molecule has 0 aromatic rings. The topological polar surface area (TPSA) is 41.3 Å². The van der Waals surface area contributed by atoms with Gasteiger partial charge in [-0.15, -0.1) is 0 Å². The molecule has 2 atom stereocenters. The molecule has 1 saturated heterocycles. The van der Waals surface area contributed by atoms with Gasteiger partial charge in [-0.2, -0.15) is 0 Å². The number of rotatable bonds is 2. The van der Waals surface area contributed by atoms with E-state index in [0.717, 1.165) is 13.1 Å². The van der Waals surface area contributed by atoms with E-state index >= 15 is 0 Å². The summed E-state index contributed by atoms with van der Waals surface area (Å²) in [6.45, 7) is 6.42. The number of likely N-dealkylation sites (tertiary alicyclic amines) is 1. The Hall–Kier alpha value is -0.120. The molecular formula is C8H19N3. The molecule has 1 rings (SSSR count). The van der Waals surface area contributed by atoms with E-state index in [4.69, 9.17) is 5.73 Å². The molecule has 1 fully saturated rings. The lowest BCUT2D eigenvalue weighted by Crippen LogP contribution is -2.46. The Kier molecular flexibility index (Phi) is 2.87. The fourth-order valence-electron chi connectivity index (χ4n) is 1.64. The van der Waals surface area contributed by atoms with Crippen molar-refractivity contribution < 1.29 is 0 Å². The first-order valence-electron chi connectivity index (χ1n) is 4.29. The summed E-state index contributed by atoms with van der Waals surface area (Å²) in [6, 6.07) is 1.33. The van der Waals surface area contributed by atoms with Gasteiger partial charge < -0.3 is 16.0 Å². The molecule has 0 aromatic heterocycles. The van der Waals surface area contributed by atoms with Crippen molar-refractivity contribution in [1.82, 2.24) is 10.2 Å². The first kappa shape index (κ1) is 8.97. The zero-order chi connectivity index (χ0) is 8.43. The molecule has 3 N–H and O–H groups in total. The first-order valence-corrected chi connectivity index (χ1v) is 4.29. The molecule has 1 unspecified atom stereocenters. The first-order chi connectivity index (χ1) is 5.09. The molecule has 0 radical (unpaired) electrons. The van der Waals surface area contributed by atoms with Crippen molar-refractivity contribution in [2.45, 2.75) is 32.0 Å². The monoisotopic (exact) mass is 157 g/mol. The highest BCUT2D eigenvalue weighted by molar-refractivity contribution is 4.91. The van der Waals surface area contributed by atoms with Crippen LogP contribution in [0.1, 0.15) is 13.8 Å². The lowest BCUT2D eigenvalue weighted by Gasteiger charge is -2.18. The molecule has 0 spiro atoms. The number of nitrogens with one attached hydrogen (secondary N) is 1. The lowest BCUT2D eigenvalue weighted by atomic mass is 10.1. The number of nitrogens with zero attached hydrogens (tertiary/aromatic N) is 1. The van der Waals surface area contributed by atoms with E-state index in [1.54, 1.807) is 0 Å². The Labute approximate surface area is 68.9 Å². The van der Waals surface area contributed by atoms with E-state index in [-0.39, 0.29) is 0 Å². The second kappa shape index (κ2) is 3.52. The van der Waals surface area contributed by atoms with Crippen LogP contribution in [0.2, 0.25) is 0 Å². The third kappa shape index (κ3) is 2.43. The predicted molar refractivity (Wildman–Crippen MR) is 47.5 cm³/mol. The van der Waals surface area contributed by atoms with Gasteiger partial charge in [-0.3, -0.25) is 0 Å². The highest BCUT2D eigenvalue weighted by Gasteiger charge is 2.27. The average molecular weight is 157 g/mol. The van der Waals surface area contributed by atoms with Gasteiger partial charge >= 0.3 is 0 Å². The fourth-order valence-corrected chi connectivity index (χ4v) is 1.64. The standard InChI is InChI=1S/C8H19N3/c1-6(2)10-8-5-11(3)4-7(8)9/h6-8,10H,4-5,9H2,1-3H3/t7?,8-/m1/s1. The number of hydrogen-bond acceptors (Lipinski definition) is 3. The van der Waals surface area contributed by atoms with E-state index in [2.05, 4.69) is 31.1 Å². The third-order valence-corrected chi connectivity index (χ3v) is 2.10. The quantitative estimate of drug-likeness (QED) is 0.574. The molecule has 0 aliphatic carbocycles. The minimum absolute atomic E-state index is 0.308. The van der Waals surface area contributed by atoms with Crippen molar-refractivity contribution in [3.63, 3.8) is 0 Å². The average Bonchev–Trinajstić information content (AvgIpc) is 2.09. The molecule has 3 heteroatoms. The molecule has 0 aromatic carbocycles. The lowest BCUT2D eigenvalue weighted by molar-refractivity contribution is 0.389. The van der Waals surface area contributed by atoms with Crippen LogP contribution in [0.25, 0.3) is 0 Å². The minimum Gasteiger partial charge on any atom is -0.325 e. The fraction of sp³-hybridized carbons (Fsp3) is 1.00. The van der Waals surface area contributed by atoms with E-state index in [1.165, 1.54) is 0 Å². The summed E-state index contributed by atoms with van der Waals surface area (Å²) in [7, 11) is 2.11. The SMILES string of the molecule is CC(C)N[C@@H]1CN(C)CC1N. The van der Waals surface area contributed by atoms with Crippen LogP contribution < -0.4 is 11.1 Å². The Bertz CT molecular complexity index is 125. The zero-order valence-corrected chi connectivity index (χ0v) is 7.67. The van der Waals surface area contributed by atoms with Crippen LogP contribution in [0.3, 0.4) is 0 Å². The van der Waals surface area contributed by atoms with E-state index in [1.807, 2.05) is 0 Å². The van der Waals surface area contributed by atoms with Crippen molar-refractivity contribution in [1.29, 1.82) is 0 Å². The van der Waals surface area contributed by atoms with Gasteiger partial charge in [0, 0.05) is 31.2 Å². The maximum atomic E-state index is 5.91. The number of likely N-dealkylation sites (N-methyl/N-ethyl adjacent to an activating group) is 1. The zero-order valence-electron chi connectivity index (χ0n) is 7.67. The minimum atomic E-state index is 0.308. The van der Waals surface area contributed by atoms with E-state index in [0.29, 0.717) is 18.1 Å². The summed E-state index contributed by atoms with van der Waals surface area (Å²) in [5.41, 5.74) is 5.91. The van der Waals surface area contributed by atoms with Crippen LogP contribution in [0.4, 0.5) is 0 Å². The van der Waals surface area contributed by atoms with Gasteiger partial charge in [-0.25, -0.2) is 0 Å². The van der Waals surface area contributed by atoms with Gasteiger partial charge in [0.15, 0.2) is 0 Å². The molecular weight excluding hydrogens is 138 g/mol. The van der Waals surface area contributed by atoms with Gasteiger partial charge in [0.1, 0.15) is 0 Å². The van der Waals surface area contributed by atoms with Crippen LogP contribution in [-0.2, 0) is 0 Å². The molecule has 66 valence electrons. The van der Waals surface area contributed by atoms with Gasteiger partial charge in [0.2, 0.25) is 0 Å². The van der Waals surface area contributed by atoms with Crippen LogP contribution in [0.5, 0.6) is 0 Å². The Morgan fingerprint density at radius 1 is 1.45 bits per heavy atom. The van der Waals surface area contributed by atoms with Gasteiger partial charge in [0.05, 0.1) is 0 Å². The molecule has 3 nitrogen and oxygen atoms in total. The van der Waals surface area contributed by atoms with Gasteiger partial charge in [-0.05, 0) is 7.05 Å². The van der Waals surface area contributed by atoms with Crippen molar-refractivity contribution in [2.75, 3.05) is 20.1 Å². The third-order valence-electron chi connectivity index (χ3n) is 2.10. The second-order valence-electron chi connectivity index (χ2n) is 3.81. The molecule has 11 heavy (non-hydrogen) atoms. The second-order valence-corrected chi connectivity index (χ2v) is 3.81. The molecule has 1 aliphatic rings. The highest BCUT2D eigenvalue weighted by Crippen LogP contribution is 2.05. The van der Waals surface area contributed by atoms with Crippen LogP contribution >= 0.6 is 0 Å². The Balaban J connectivity index is 2.34. The molecule has 0 bridgehead atoms. The van der Waals surface area contributed by atoms with Crippen molar-refractivity contribution in [3.05, 3.63) is 0 Å². The van der Waals surface area contributed by atoms with Gasteiger partial charge in [-0.1, -0.05) is 13.8 Å². The predicted octanol–water partition coefficient (Wildman–Crippen LogP) is -0.374. The summed E-state index contributed by atoms with van der Waals surface area (Å²) >= 11 is 0. The summed E-state index contributed by atoms with van der Waals surface area (Å²) in [6.07, 6.45) is 0. The number of hydrogen-bond donors (Lipinski definition) is 2. The molecule has 1 heterocycles. The highest BCUT2D eigenvalue weighted by atomic mass is 15.2. The summed E-state index contributed by atoms with van der Waals surface area (Å²) < 4.78 is 0. The maximum absolute atomic E-state index is 5.91. The Morgan fingerprint density at radius 2 is 2.09 bits per heavy atom. The summed E-state index contributed by atoms with van der Waals surface area (Å²) in [5, 5.41) is 3.46. The Morgan fingerprint density at radius 3 is 2.45 bits per heavy atom. The van der Waals surface area contributed by atoms with Crippen molar-refractivity contribution in [2.24, 2.45) is 5.73 Å². The smallest absolute Gasteiger partial charge is 0.0361 e. The van der Waals surface area contributed by atoms with Gasteiger partial charge in [0.25, 0.3) is 0 Å². The summed E-state index contributed by atoms with van der Waals surface area (Å²) in [5.74, 6) is 0. The largest absolute Gasteiger partial charge is 0.325 e.